The van der Waals surface area contributed by atoms with E-state index in [1.807, 2.05) is 6.20 Å². The van der Waals surface area contributed by atoms with E-state index in [2.05, 4.69) is 29.6 Å². The number of hydrogen-bond donors (Lipinski definition) is 0. The topological polar surface area (TPSA) is 44.2 Å². The zero-order valence-corrected chi connectivity index (χ0v) is 10.8. The lowest BCUT2D eigenvalue weighted by atomic mass is 10.6. The smallest absolute Gasteiger partial charge is 0.215 e. The average molecular weight is 226 g/mol. The van der Waals surface area contributed by atoms with Crippen molar-refractivity contribution in [3.8, 4) is 5.88 Å². The first kappa shape index (κ1) is 12.1. The molecule has 5 heteroatoms. The minimum atomic E-state index is -1.43. The van der Waals surface area contributed by atoms with Gasteiger partial charge in [0.05, 0.1) is 14.7 Å². The van der Waals surface area contributed by atoms with Crippen LogP contribution in [-0.2, 0) is 4.74 Å². The van der Waals surface area contributed by atoms with Crippen LogP contribution in [0.5, 0.6) is 5.88 Å². The van der Waals surface area contributed by atoms with Crippen LogP contribution in [0.2, 0.25) is 19.6 Å². The second-order valence-electron chi connectivity index (χ2n) is 4.33. The Labute approximate surface area is 91.7 Å². The summed E-state index contributed by atoms with van der Waals surface area (Å²) in [6.45, 7) is 7.85. The number of aromatic nitrogens is 2. The van der Waals surface area contributed by atoms with Crippen molar-refractivity contribution in [1.82, 2.24) is 9.97 Å². The predicted molar refractivity (Wildman–Crippen MR) is 62.4 cm³/mol. The highest BCUT2D eigenvalue weighted by atomic mass is 28.3. The summed E-state index contributed by atoms with van der Waals surface area (Å²) in [5.41, 5.74) is 0. The van der Waals surface area contributed by atoms with Gasteiger partial charge in [0.2, 0.25) is 5.88 Å². The van der Waals surface area contributed by atoms with Gasteiger partial charge in [-0.05, 0) is 0 Å². The Morgan fingerprint density at radius 2 is 2.00 bits per heavy atom. The molecule has 4 nitrogen and oxygen atoms in total. The SMILES string of the molecule is COCCOc1ncncc1[Si](C)(C)C. The normalized spacial score (nSPS) is 11.5. The van der Waals surface area contributed by atoms with Gasteiger partial charge in [0, 0.05) is 18.5 Å². The lowest BCUT2D eigenvalue weighted by Crippen LogP contribution is -2.39. The molecule has 0 aliphatic rings. The fourth-order valence-corrected chi connectivity index (χ4v) is 2.41. The lowest BCUT2D eigenvalue weighted by Gasteiger charge is -2.18. The monoisotopic (exact) mass is 226 g/mol. The number of hydrogen-bond acceptors (Lipinski definition) is 4. The molecule has 0 unspecified atom stereocenters. The van der Waals surface area contributed by atoms with Gasteiger partial charge in [-0.25, -0.2) is 9.97 Å². The number of rotatable bonds is 5. The molecule has 0 N–H and O–H groups in total. The van der Waals surface area contributed by atoms with Crippen molar-refractivity contribution in [1.29, 1.82) is 0 Å². The van der Waals surface area contributed by atoms with E-state index in [4.69, 9.17) is 9.47 Å². The Morgan fingerprint density at radius 1 is 1.27 bits per heavy atom. The molecule has 1 aromatic rings. The van der Waals surface area contributed by atoms with Crippen LogP contribution >= 0.6 is 0 Å². The first-order chi connectivity index (χ1) is 7.05. The third-order valence-electron chi connectivity index (χ3n) is 2.01. The van der Waals surface area contributed by atoms with Crippen LogP contribution in [0, 0.1) is 0 Å². The molecule has 1 aromatic heterocycles. The maximum Gasteiger partial charge on any atom is 0.215 e. The highest BCUT2D eigenvalue weighted by Gasteiger charge is 2.22. The van der Waals surface area contributed by atoms with Crippen LogP contribution in [-0.4, -0.2) is 38.4 Å². The van der Waals surface area contributed by atoms with Gasteiger partial charge in [-0.2, -0.15) is 0 Å². The van der Waals surface area contributed by atoms with Gasteiger partial charge in [-0.15, -0.1) is 0 Å². The first-order valence-electron chi connectivity index (χ1n) is 4.98. The quantitative estimate of drug-likeness (QED) is 0.556. The van der Waals surface area contributed by atoms with Gasteiger partial charge in [0.15, 0.2) is 0 Å². The fourth-order valence-electron chi connectivity index (χ4n) is 1.17. The van der Waals surface area contributed by atoms with Crippen LogP contribution in [0.15, 0.2) is 12.5 Å². The van der Waals surface area contributed by atoms with Gasteiger partial charge < -0.3 is 9.47 Å². The third kappa shape index (κ3) is 3.60. The molecular formula is C10H18N2O2Si. The van der Waals surface area contributed by atoms with Crippen LogP contribution in [0.25, 0.3) is 0 Å². The summed E-state index contributed by atoms with van der Waals surface area (Å²) in [6.07, 6.45) is 3.38. The Kier molecular flexibility index (Phi) is 4.23. The lowest BCUT2D eigenvalue weighted by molar-refractivity contribution is 0.144. The molecule has 0 spiro atoms. The Hall–Kier alpha value is -0.943. The standard InChI is InChI=1S/C10H18N2O2Si/c1-13-5-6-14-10-9(15(2,3)4)7-11-8-12-10/h7-8H,5-6H2,1-4H3. The molecule has 0 saturated heterocycles. The molecule has 1 rings (SSSR count). The van der Waals surface area contributed by atoms with E-state index in [0.29, 0.717) is 19.1 Å². The van der Waals surface area contributed by atoms with Crippen molar-refractivity contribution in [3.63, 3.8) is 0 Å². The summed E-state index contributed by atoms with van der Waals surface area (Å²) in [6, 6.07) is 0. The maximum absolute atomic E-state index is 5.56. The molecule has 0 bridgehead atoms. The van der Waals surface area contributed by atoms with Crippen LogP contribution in [0.4, 0.5) is 0 Å². The van der Waals surface area contributed by atoms with E-state index in [1.165, 1.54) is 6.33 Å². The largest absolute Gasteiger partial charge is 0.475 e. The van der Waals surface area contributed by atoms with Crippen LogP contribution in [0.3, 0.4) is 0 Å². The summed E-state index contributed by atoms with van der Waals surface area (Å²) in [5, 5.41) is 1.15. The number of methoxy groups -OCH3 is 1. The molecule has 0 amide bonds. The Bertz CT molecular complexity index is 313. The van der Waals surface area contributed by atoms with Crippen molar-refractivity contribution < 1.29 is 9.47 Å². The molecular weight excluding hydrogens is 208 g/mol. The molecule has 0 aromatic carbocycles. The number of nitrogens with zero attached hydrogens (tertiary/aromatic N) is 2. The summed E-state index contributed by atoms with van der Waals surface area (Å²) >= 11 is 0. The molecule has 0 atom stereocenters. The van der Waals surface area contributed by atoms with Gasteiger partial charge in [0.1, 0.15) is 12.9 Å². The van der Waals surface area contributed by atoms with Gasteiger partial charge in [-0.3, -0.25) is 0 Å². The summed E-state index contributed by atoms with van der Waals surface area (Å²) in [4.78, 5) is 8.22. The Balaban J connectivity index is 2.78. The van der Waals surface area contributed by atoms with Crippen LogP contribution < -0.4 is 9.92 Å². The van der Waals surface area contributed by atoms with E-state index in [-0.39, 0.29) is 0 Å². The van der Waals surface area contributed by atoms with Crippen molar-refractivity contribution in [2.75, 3.05) is 20.3 Å². The van der Waals surface area contributed by atoms with Crippen molar-refractivity contribution in [3.05, 3.63) is 12.5 Å². The fraction of sp³-hybridized carbons (Fsp3) is 0.600. The molecule has 0 radical (unpaired) electrons. The molecule has 0 saturated carbocycles. The van der Waals surface area contributed by atoms with Crippen molar-refractivity contribution >= 4 is 13.3 Å². The molecule has 15 heavy (non-hydrogen) atoms. The predicted octanol–water partition coefficient (Wildman–Crippen LogP) is 1.05. The number of ether oxygens (including phenoxy) is 2. The van der Waals surface area contributed by atoms with Gasteiger partial charge in [0.25, 0.3) is 0 Å². The van der Waals surface area contributed by atoms with Crippen molar-refractivity contribution in [2.45, 2.75) is 19.6 Å². The molecule has 0 aliphatic heterocycles. The Morgan fingerprint density at radius 3 is 2.60 bits per heavy atom. The molecule has 0 aliphatic carbocycles. The minimum absolute atomic E-state index is 0.533. The average Bonchev–Trinajstić information content (AvgIpc) is 2.17. The van der Waals surface area contributed by atoms with E-state index in [0.717, 1.165) is 5.19 Å². The highest BCUT2D eigenvalue weighted by molar-refractivity contribution is 6.89. The minimum Gasteiger partial charge on any atom is -0.475 e. The summed E-state index contributed by atoms with van der Waals surface area (Å²) in [5.74, 6) is 0.709. The molecule has 1 heterocycles. The van der Waals surface area contributed by atoms with Crippen LogP contribution in [0.1, 0.15) is 0 Å². The van der Waals surface area contributed by atoms with Gasteiger partial charge >= 0.3 is 0 Å². The van der Waals surface area contributed by atoms with Gasteiger partial charge in [-0.1, -0.05) is 19.6 Å². The molecule has 84 valence electrons. The summed E-state index contributed by atoms with van der Waals surface area (Å²) in [7, 11) is 0.227. The van der Waals surface area contributed by atoms with E-state index in [9.17, 15) is 0 Å². The zero-order chi connectivity index (χ0) is 11.3. The summed E-state index contributed by atoms with van der Waals surface area (Å²) < 4.78 is 10.5. The van der Waals surface area contributed by atoms with E-state index >= 15 is 0 Å². The molecule has 0 fully saturated rings. The highest BCUT2D eigenvalue weighted by Crippen LogP contribution is 2.09. The zero-order valence-electron chi connectivity index (χ0n) is 9.78. The van der Waals surface area contributed by atoms with E-state index < -0.39 is 8.07 Å². The first-order valence-corrected chi connectivity index (χ1v) is 8.48. The third-order valence-corrected chi connectivity index (χ3v) is 3.97. The van der Waals surface area contributed by atoms with Crippen molar-refractivity contribution in [2.24, 2.45) is 0 Å². The second-order valence-corrected chi connectivity index (χ2v) is 9.37. The second kappa shape index (κ2) is 5.23. The maximum atomic E-state index is 5.56. The van der Waals surface area contributed by atoms with E-state index in [1.54, 1.807) is 7.11 Å².